The van der Waals surface area contributed by atoms with Gasteiger partial charge in [0, 0.05) is 30.2 Å². The number of carbonyl (C=O) groups is 2. The van der Waals surface area contributed by atoms with Crippen LogP contribution in [0.5, 0.6) is 0 Å². The fraction of sp³-hybridized carbons (Fsp3) is 0.190. The molecule has 0 aliphatic carbocycles. The number of rotatable bonds is 4. The third-order valence-corrected chi connectivity index (χ3v) is 4.72. The van der Waals surface area contributed by atoms with E-state index >= 15 is 0 Å². The number of pyridine rings is 1. The Bertz CT molecular complexity index is 921. The molecule has 0 bridgehead atoms. The van der Waals surface area contributed by atoms with E-state index in [0.29, 0.717) is 11.3 Å². The number of aromatic nitrogens is 1. The molecule has 1 atom stereocenters. The zero-order valence-corrected chi connectivity index (χ0v) is 14.7. The van der Waals surface area contributed by atoms with Crippen molar-refractivity contribution in [2.45, 2.75) is 18.9 Å². The molecule has 4 rings (SSSR count). The Morgan fingerprint density at radius 2 is 1.96 bits per heavy atom. The molecular formula is C21H19N3O3. The second-order valence-electron chi connectivity index (χ2n) is 6.45. The van der Waals surface area contributed by atoms with Gasteiger partial charge in [0.05, 0.1) is 12.3 Å². The predicted octanol–water partition coefficient (Wildman–Crippen LogP) is 3.90. The highest BCUT2D eigenvalue weighted by atomic mass is 16.3. The van der Waals surface area contributed by atoms with Gasteiger partial charge in [-0.25, -0.2) is 0 Å². The van der Waals surface area contributed by atoms with E-state index in [-0.39, 0.29) is 23.6 Å². The largest absolute Gasteiger partial charge is 0.459 e. The molecule has 1 aromatic carbocycles. The van der Waals surface area contributed by atoms with Gasteiger partial charge in [-0.15, -0.1) is 0 Å². The topological polar surface area (TPSA) is 75.4 Å². The average molecular weight is 361 g/mol. The van der Waals surface area contributed by atoms with Crippen molar-refractivity contribution in [3.8, 4) is 0 Å². The normalized spacial score (nSPS) is 16.3. The van der Waals surface area contributed by atoms with Crippen LogP contribution in [0.3, 0.4) is 0 Å². The first-order valence-corrected chi connectivity index (χ1v) is 8.88. The summed E-state index contributed by atoms with van der Waals surface area (Å²) in [5.74, 6) is -0.0907. The Morgan fingerprint density at radius 3 is 2.67 bits per heavy atom. The third kappa shape index (κ3) is 3.60. The fourth-order valence-electron chi connectivity index (χ4n) is 3.39. The number of anilines is 1. The van der Waals surface area contributed by atoms with Crippen LogP contribution < -0.4 is 5.32 Å². The first-order chi connectivity index (χ1) is 13.2. The van der Waals surface area contributed by atoms with Gasteiger partial charge in [0.25, 0.3) is 11.8 Å². The van der Waals surface area contributed by atoms with Crippen LogP contribution in [0.2, 0.25) is 0 Å². The molecule has 3 aromatic rings. The molecule has 3 heterocycles. The summed E-state index contributed by atoms with van der Waals surface area (Å²) in [4.78, 5) is 31.0. The molecule has 27 heavy (non-hydrogen) atoms. The van der Waals surface area contributed by atoms with Crippen molar-refractivity contribution >= 4 is 17.5 Å². The molecule has 0 radical (unpaired) electrons. The molecule has 6 nitrogen and oxygen atoms in total. The SMILES string of the molecule is O=C(Nc1ccc(C(=O)N2CCC[C@@H]2c2cccnc2)cc1)c1ccco1. The number of carbonyl (C=O) groups excluding carboxylic acids is 2. The summed E-state index contributed by atoms with van der Waals surface area (Å²) in [6, 6.07) is 14.1. The van der Waals surface area contributed by atoms with Crippen LogP contribution in [-0.2, 0) is 0 Å². The minimum atomic E-state index is -0.324. The van der Waals surface area contributed by atoms with Crippen molar-refractivity contribution in [3.05, 3.63) is 84.1 Å². The summed E-state index contributed by atoms with van der Waals surface area (Å²) in [5, 5.41) is 2.75. The molecule has 0 saturated carbocycles. The number of amides is 2. The van der Waals surface area contributed by atoms with Crippen LogP contribution in [0.1, 0.15) is 45.4 Å². The van der Waals surface area contributed by atoms with E-state index in [0.717, 1.165) is 24.9 Å². The van der Waals surface area contributed by atoms with Crippen molar-refractivity contribution < 1.29 is 14.0 Å². The van der Waals surface area contributed by atoms with Gasteiger partial charge < -0.3 is 14.6 Å². The van der Waals surface area contributed by atoms with Crippen LogP contribution in [0.4, 0.5) is 5.69 Å². The van der Waals surface area contributed by atoms with Gasteiger partial charge in [0.2, 0.25) is 0 Å². The Labute approximate surface area is 156 Å². The molecule has 1 saturated heterocycles. The highest BCUT2D eigenvalue weighted by Gasteiger charge is 2.30. The highest BCUT2D eigenvalue weighted by molar-refractivity contribution is 6.02. The zero-order chi connectivity index (χ0) is 18.6. The summed E-state index contributed by atoms with van der Waals surface area (Å²) in [7, 11) is 0. The van der Waals surface area contributed by atoms with Crippen molar-refractivity contribution in [3.63, 3.8) is 0 Å². The maximum absolute atomic E-state index is 13.0. The predicted molar refractivity (Wildman–Crippen MR) is 100 cm³/mol. The van der Waals surface area contributed by atoms with Crippen molar-refractivity contribution in [1.82, 2.24) is 9.88 Å². The monoisotopic (exact) mass is 361 g/mol. The Balaban J connectivity index is 1.47. The first-order valence-electron chi connectivity index (χ1n) is 8.88. The lowest BCUT2D eigenvalue weighted by Crippen LogP contribution is -2.30. The molecule has 2 amide bonds. The smallest absolute Gasteiger partial charge is 0.291 e. The molecule has 0 spiro atoms. The summed E-state index contributed by atoms with van der Waals surface area (Å²) in [6.07, 6.45) is 6.92. The van der Waals surface area contributed by atoms with Crippen molar-refractivity contribution in [2.24, 2.45) is 0 Å². The van der Waals surface area contributed by atoms with Crippen LogP contribution in [0.15, 0.2) is 71.6 Å². The second-order valence-corrected chi connectivity index (χ2v) is 6.45. The summed E-state index contributed by atoms with van der Waals surface area (Å²) >= 11 is 0. The van der Waals surface area contributed by atoms with E-state index in [4.69, 9.17) is 4.42 Å². The summed E-state index contributed by atoms with van der Waals surface area (Å²) in [6.45, 7) is 0.732. The molecule has 2 aromatic heterocycles. The molecule has 1 fully saturated rings. The molecule has 0 unspecified atom stereocenters. The minimum absolute atomic E-state index is 0.00901. The third-order valence-electron chi connectivity index (χ3n) is 4.72. The average Bonchev–Trinajstić information content (AvgIpc) is 3.41. The van der Waals surface area contributed by atoms with E-state index in [1.54, 1.807) is 42.6 Å². The highest BCUT2D eigenvalue weighted by Crippen LogP contribution is 2.32. The summed E-state index contributed by atoms with van der Waals surface area (Å²) < 4.78 is 5.07. The molecule has 136 valence electrons. The Morgan fingerprint density at radius 1 is 1.11 bits per heavy atom. The van der Waals surface area contributed by atoms with Crippen molar-refractivity contribution in [2.75, 3.05) is 11.9 Å². The van der Waals surface area contributed by atoms with Crippen molar-refractivity contribution in [1.29, 1.82) is 0 Å². The maximum Gasteiger partial charge on any atom is 0.291 e. The van der Waals surface area contributed by atoms with E-state index < -0.39 is 0 Å². The standard InChI is InChI=1S/C21H19N3O3/c25-20(19-6-3-13-27-19)23-17-9-7-15(8-10-17)21(26)24-12-2-5-18(24)16-4-1-11-22-14-16/h1,3-4,6-11,13-14,18H,2,5,12H2,(H,23,25)/t18-/m1/s1. The lowest BCUT2D eigenvalue weighted by molar-refractivity contribution is 0.0735. The first kappa shape index (κ1) is 17.0. The zero-order valence-electron chi connectivity index (χ0n) is 14.7. The number of benzene rings is 1. The fourth-order valence-corrected chi connectivity index (χ4v) is 3.39. The maximum atomic E-state index is 13.0. The van der Waals surface area contributed by atoms with Crippen LogP contribution in [-0.4, -0.2) is 28.2 Å². The molecule has 1 aliphatic heterocycles. The van der Waals surface area contributed by atoms with Crippen LogP contribution in [0, 0.1) is 0 Å². The van der Waals surface area contributed by atoms with E-state index in [9.17, 15) is 9.59 Å². The minimum Gasteiger partial charge on any atom is -0.459 e. The van der Waals surface area contributed by atoms with Crippen LogP contribution >= 0.6 is 0 Å². The number of likely N-dealkylation sites (tertiary alicyclic amines) is 1. The van der Waals surface area contributed by atoms with E-state index in [2.05, 4.69) is 10.3 Å². The van der Waals surface area contributed by atoms with Gasteiger partial charge in [-0.2, -0.15) is 0 Å². The lowest BCUT2D eigenvalue weighted by Gasteiger charge is -2.25. The number of furan rings is 1. The van der Waals surface area contributed by atoms with E-state index in [1.165, 1.54) is 6.26 Å². The molecule has 6 heteroatoms. The molecule has 1 N–H and O–H groups in total. The Hall–Kier alpha value is -3.41. The van der Waals surface area contributed by atoms with Gasteiger partial charge in [-0.1, -0.05) is 6.07 Å². The van der Waals surface area contributed by atoms with Gasteiger partial charge in [-0.3, -0.25) is 14.6 Å². The van der Waals surface area contributed by atoms with Gasteiger partial charge in [-0.05, 0) is 60.9 Å². The summed E-state index contributed by atoms with van der Waals surface area (Å²) in [5.41, 5.74) is 2.27. The molecular weight excluding hydrogens is 342 g/mol. The Kier molecular flexibility index (Phi) is 4.70. The molecule has 1 aliphatic rings. The van der Waals surface area contributed by atoms with Crippen LogP contribution in [0.25, 0.3) is 0 Å². The lowest BCUT2D eigenvalue weighted by atomic mass is 10.1. The number of hydrogen-bond donors (Lipinski definition) is 1. The van der Waals surface area contributed by atoms with Gasteiger partial charge in [0.15, 0.2) is 5.76 Å². The number of nitrogens with zero attached hydrogens (tertiary/aromatic N) is 2. The number of hydrogen-bond acceptors (Lipinski definition) is 4. The number of nitrogens with one attached hydrogen (secondary N) is 1. The van der Waals surface area contributed by atoms with E-state index in [1.807, 2.05) is 23.2 Å². The van der Waals surface area contributed by atoms with Gasteiger partial charge in [0.1, 0.15) is 0 Å². The van der Waals surface area contributed by atoms with Gasteiger partial charge >= 0.3 is 0 Å². The second kappa shape index (κ2) is 7.45. The quantitative estimate of drug-likeness (QED) is 0.765.